The van der Waals surface area contributed by atoms with Crippen molar-refractivity contribution in [2.24, 2.45) is 5.73 Å². The minimum atomic E-state index is -0.581. The van der Waals surface area contributed by atoms with Gasteiger partial charge in [-0.05, 0) is 59.6 Å². The van der Waals surface area contributed by atoms with Gasteiger partial charge in [0, 0.05) is 19.5 Å². The Balaban J connectivity index is 1.44. The lowest BCUT2D eigenvalue weighted by Gasteiger charge is -2.28. The van der Waals surface area contributed by atoms with Crippen LogP contribution in [0.1, 0.15) is 30.0 Å². The fraction of sp³-hybridized carbons (Fsp3) is 0.357. The molecule has 184 valence electrons. The van der Waals surface area contributed by atoms with Gasteiger partial charge in [-0.1, -0.05) is 66.7 Å². The van der Waals surface area contributed by atoms with E-state index in [9.17, 15) is 4.79 Å². The van der Waals surface area contributed by atoms with Crippen LogP contribution in [0.15, 0.2) is 72.8 Å². The highest BCUT2D eigenvalue weighted by Crippen LogP contribution is 2.24. The van der Waals surface area contributed by atoms with E-state index in [1.54, 1.807) is 0 Å². The minimum Gasteiger partial charge on any atom is -0.379 e. The molecule has 2 atom stereocenters. The van der Waals surface area contributed by atoms with E-state index in [0.29, 0.717) is 11.5 Å². The Morgan fingerprint density at radius 3 is 2.43 bits per heavy atom. The van der Waals surface area contributed by atoms with Crippen LogP contribution >= 0.6 is 12.2 Å². The quantitative estimate of drug-likeness (QED) is 0.377. The van der Waals surface area contributed by atoms with Gasteiger partial charge in [0.15, 0.2) is 5.11 Å². The van der Waals surface area contributed by atoms with Crippen molar-refractivity contribution in [3.63, 3.8) is 0 Å². The van der Waals surface area contributed by atoms with Crippen LogP contribution in [0.4, 0.5) is 0 Å². The number of nitrogens with one attached hydrogen (secondary N) is 2. The largest absolute Gasteiger partial charge is 0.379 e. The van der Waals surface area contributed by atoms with Gasteiger partial charge >= 0.3 is 0 Å². The summed E-state index contributed by atoms with van der Waals surface area (Å²) in [5, 5.41) is 9.48. The van der Waals surface area contributed by atoms with Crippen molar-refractivity contribution in [1.82, 2.24) is 15.5 Å². The van der Waals surface area contributed by atoms with Gasteiger partial charge in [0.05, 0.1) is 19.3 Å². The van der Waals surface area contributed by atoms with Gasteiger partial charge in [-0.25, -0.2) is 0 Å². The Labute approximate surface area is 212 Å². The second-order valence-corrected chi connectivity index (χ2v) is 9.43. The Morgan fingerprint density at radius 2 is 1.69 bits per heavy atom. The van der Waals surface area contributed by atoms with Crippen LogP contribution in [0.5, 0.6) is 0 Å². The SMILES string of the molecule is NC(=O)C(Cc1ccccc1)NC(=S)NC(CCCN1CCOCC1)c1ccc2ccccc2c1. The average molecular weight is 491 g/mol. The highest BCUT2D eigenvalue weighted by Gasteiger charge is 2.20. The highest BCUT2D eigenvalue weighted by molar-refractivity contribution is 7.80. The molecule has 0 aromatic heterocycles. The third-order valence-corrected chi connectivity index (χ3v) is 6.72. The highest BCUT2D eigenvalue weighted by atomic mass is 32.1. The van der Waals surface area contributed by atoms with Crippen molar-refractivity contribution in [3.8, 4) is 0 Å². The molecular weight excluding hydrogens is 456 g/mol. The summed E-state index contributed by atoms with van der Waals surface area (Å²) < 4.78 is 5.47. The van der Waals surface area contributed by atoms with Crippen molar-refractivity contribution < 1.29 is 9.53 Å². The standard InChI is InChI=1S/C28H34N4O2S/c29-27(33)26(19-21-7-2-1-3-8-21)31-28(35)30-25(11-6-14-32-15-17-34-18-16-32)24-13-12-22-9-4-5-10-23(22)20-24/h1-5,7-10,12-13,20,25-26H,6,11,14-19H2,(H2,29,33)(H2,30,31,35). The Kier molecular flexibility index (Phi) is 9.06. The molecule has 6 nitrogen and oxygen atoms in total. The first-order valence-electron chi connectivity index (χ1n) is 12.3. The average Bonchev–Trinajstić information content (AvgIpc) is 2.88. The predicted molar refractivity (Wildman–Crippen MR) is 145 cm³/mol. The minimum absolute atomic E-state index is 0.0194. The van der Waals surface area contributed by atoms with Crippen molar-refractivity contribution in [2.45, 2.75) is 31.3 Å². The van der Waals surface area contributed by atoms with Crippen molar-refractivity contribution in [2.75, 3.05) is 32.8 Å². The van der Waals surface area contributed by atoms with Crippen LogP contribution in [-0.4, -0.2) is 54.8 Å². The zero-order valence-electron chi connectivity index (χ0n) is 20.0. The number of carbonyl (C=O) groups is 1. The molecule has 0 spiro atoms. The van der Waals surface area contributed by atoms with Crippen LogP contribution in [0.25, 0.3) is 10.8 Å². The number of morpholine rings is 1. The second kappa shape index (κ2) is 12.6. The van der Waals surface area contributed by atoms with Crippen LogP contribution in [0, 0.1) is 0 Å². The van der Waals surface area contributed by atoms with Crippen LogP contribution in [0.3, 0.4) is 0 Å². The number of primary amides is 1. The maximum Gasteiger partial charge on any atom is 0.240 e. The van der Waals surface area contributed by atoms with Gasteiger partial charge in [0.25, 0.3) is 0 Å². The maximum absolute atomic E-state index is 12.1. The molecular formula is C28H34N4O2S. The van der Waals surface area contributed by atoms with E-state index < -0.39 is 11.9 Å². The van der Waals surface area contributed by atoms with Gasteiger partial charge in [0.1, 0.15) is 6.04 Å². The summed E-state index contributed by atoms with van der Waals surface area (Å²) in [5.41, 5.74) is 7.90. The summed E-state index contributed by atoms with van der Waals surface area (Å²) in [6.45, 7) is 4.58. The van der Waals surface area contributed by atoms with E-state index >= 15 is 0 Å². The number of nitrogens with zero attached hydrogens (tertiary/aromatic N) is 1. The monoisotopic (exact) mass is 490 g/mol. The molecule has 35 heavy (non-hydrogen) atoms. The Bertz CT molecular complexity index is 1120. The number of benzene rings is 3. The van der Waals surface area contributed by atoms with Crippen molar-refractivity contribution >= 4 is 34.0 Å². The first-order valence-corrected chi connectivity index (χ1v) is 12.7. The van der Waals surface area contributed by atoms with Crippen LogP contribution < -0.4 is 16.4 Å². The summed E-state index contributed by atoms with van der Waals surface area (Å²) >= 11 is 5.66. The Morgan fingerprint density at radius 1 is 0.971 bits per heavy atom. The molecule has 7 heteroatoms. The Hall–Kier alpha value is -3.00. The van der Waals surface area contributed by atoms with Gasteiger partial charge in [0.2, 0.25) is 5.91 Å². The summed E-state index contributed by atoms with van der Waals surface area (Å²) in [4.78, 5) is 14.6. The number of amides is 1. The molecule has 1 aliphatic rings. The van der Waals surface area contributed by atoms with Gasteiger partial charge in [-0.2, -0.15) is 0 Å². The molecule has 1 saturated heterocycles. The van der Waals surface area contributed by atoms with E-state index in [2.05, 4.69) is 58.0 Å². The first kappa shape index (κ1) is 25.1. The van der Waals surface area contributed by atoms with E-state index in [0.717, 1.165) is 51.3 Å². The van der Waals surface area contributed by atoms with Gasteiger partial charge in [-0.15, -0.1) is 0 Å². The van der Waals surface area contributed by atoms with E-state index in [-0.39, 0.29) is 6.04 Å². The molecule has 1 fully saturated rings. The van der Waals surface area contributed by atoms with E-state index in [1.165, 1.54) is 16.3 Å². The number of fused-ring (bicyclic) bond motifs is 1. The molecule has 3 aromatic carbocycles. The fourth-order valence-electron chi connectivity index (χ4n) is 4.52. The number of nitrogens with two attached hydrogens (primary N) is 1. The number of hydrogen-bond donors (Lipinski definition) is 3. The number of hydrogen-bond acceptors (Lipinski definition) is 4. The number of rotatable bonds is 10. The molecule has 0 aliphatic carbocycles. The molecule has 4 N–H and O–H groups in total. The third-order valence-electron chi connectivity index (χ3n) is 6.48. The molecule has 1 aliphatic heterocycles. The summed E-state index contributed by atoms with van der Waals surface area (Å²) in [6.07, 6.45) is 2.42. The lowest BCUT2D eigenvalue weighted by atomic mass is 9.98. The van der Waals surface area contributed by atoms with Crippen molar-refractivity contribution in [3.05, 3.63) is 83.9 Å². The molecule has 1 heterocycles. The van der Waals surface area contributed by atoms with E-state index in [1.807, 2.05) is 30.3 Å². The van der Waals surface area contributed by atoms with Gasteiger partial charge < -0.3 is 21.1 Å². The molecule has 4 rings (SSSR count). The maximum atomic E-state index is 12.1. The molecule has 0 bridgehead atoms. The number of carbonyl (C=O) groups excluding carboxylic acids is 1. The normalized spacial score (nSPS) is 15.9. The lowest BCUT2D eigenvalue weighted by molar-refractivity contribution is -0.119. The predicted octanol–water partition coefficient (Wildman–Crippen LogP) is 3.55. The topological polar surface area (TPSA) is 79.6 Å². The summed E-state index contributed by atoms with van der Waals surface area (Å²) in [7, 11) is 0. The third kappa shape index (κ3) is 7.49. The van der Waals surface area contributed by atoms with Crippen LogP contribution in [0.2, 0.25) is 0 Å². The number of thiocarbonyl (C=S) groups is 1. The zero-order chi connectivity index (χ0) is 24.5. The van der Waals surface area contributed by atoms with Crippen molar-refractivity contribution in [1.29, 1.82) is 0 Å². The molecule has 0 saturated carbocycles. The fourth-order valence-corrected chi connectivity index (χ4v) is 4.81. The van der Waals surface area contributed by atoms with E-state index in [4.69, 9.17) is 22.7 Å². The molecule has 0 radical (unpaired) electrons. The molecule has 3 aromatic rings. The zero-order valence-corrected chi connectivity index (χ0v) is 20.8. The van der Waals surface area contributed by atoms with Gasteiger partial charge in [-0.3, -0.25) is 9.69 Å². The lowest BCUT2D eigenvalue weighted by Crippen LogP contribution is -2.50. The molecule has 1 amide bonds. The first-order chi connectivity index (χ1) is 17.1. The molecule has 2 unspecified atom stereocenters. The van der Waals surface area contributed by atoms with Crippen LogP contribution in [-0.2, 0) is 16.0 Å². The number of ether oxygens (including phenoxy) is 1. The second-order valence-electron chi connectivity index (χ2n) is 9.02. The summed E-state index contributed by atoms with van der Waals surface area (Å²) in [6, 6.07) is 24.2. The summed E-state index contributed by atoms with van der Waals surface area (Å²) in [5.74, 6) is -0.424. The smallest absolute Gasteiger partial charge is 0.240 e.